The second kappa shape index (κ2) is 6.93. The molecule has 2 nitrogen and oxygen atoms in total. The van der Waals surface area contributed by atoms with E-state index in [0.29, 0.717) is 12.4 Å². The summed E-state index contributed by atoms with van der Waals surface area (Å²) >= 11 is 5.68. The number of hydrogen-bond donors (Lipinski definition) is 0. The first-order chi connectivity index (χ1) is 7.51. The Balaban J connectivity index is 2.08. The lowest BCUT2D eigenvalue weighted by atomic mass is 10.3. The van der Waals surface area contributed by atoms with E-state index >= 15 is 0 Å². The molecule has 0 amide bonds. The number of alkyl halides is 4. The van der Waals surface area contributed by atoms with Gasteiger partial charge in [-0.2, -0.15) is 13.2 Å². The summed E-state index contributed by atoms with van der Waals surface area (Å²) < 4.78 is 35.7. The van der Waals surface area contributed by atoms with E-state index in [-0.39, 0.29) is 17.5 Å². The molecule has 1 rings (SSSR count). The maximum absolute atomic E-state index is 11.9. The number of thioether (sulfide) groups is 1. The molecule has 0 saturated carbocycles. The van der Waals surface area contributed by atoms with Gasteiger partial charge in [-0.05, 0) is 11.8 Å². The maximum atomic E-state index is 11.9. The second-order valence-corrected chi connectivity index (χ2v) is 5.20. The number of halogens is 4. The van der Waals surface area contributed by atoms with Crippen molar-refractivity contribution in [2.24, 2.45) is 0 Å². The van der Waals surface area contributed by atoms with E-state index in [2.05, 4.69) is 9.80 Å². The highest BCUT2D eigenvalue weighted by atomic mass is 35.5. The molecule has 0 aliphatic carbocycles. The highest BCUT2D eigenvalue weighted by molar-refractivity contribution is 8.00. The van der Waals surface area contributed by atoms with Crippen LogP contribution in [0.2, 0.25) is 0 Å². The van der Waals surface area contributed by atoms with Crippen LogP contribution < -0.4 is 0 Å². The van der Waals surface area contributed by atoms with E-state index in [0.717, 1.165) is 32.7 Å². The van der Waals surface area contributed by atoms with Gasteiger partial charge < -0.3 is 0 Å². The van der Waals surface area contributed by atoms with E-state index in [1.54, 1.807) is 0 Å². The number of piperazine rings is 1. The van der Waals surface area contributed by atoms with Crippen LogP contribution in [0.25, 0.3) is 0 Å². The smallest absolute Gasteiger partial charge is 0.300 e. The Bertz CT molecular complexity index is 196. The quantitative estimate of drug-likeness (QED) is 0.710. The van der Waals surface area contributed by atoms with Crippen molar-refractivity contribution in [1.82, 2.24) is 9.80 Å². The second-order valence-electron chi connectivity index (χ2n) is 3.67. The molecule has 0 unspecified atom stereocenters. The summed E-state index contributed by atoms with van der Waals surface area (Å²) in [5.74, 6) is 0.739. The summed E-state index contributed by atoms with van der Waals surface area (Å²) in [4.78, 5) is 4.31. The van der Waals surface area contributed by atoms with Crippen LogP contribution in [0, 0.1) is 0 Å². The van der Waals surface area contributed by atoms with Crippen molar-refractivity contribution >= 4 is 23.4 Å². The third-order valence-corrected chi connectivity index (χ3v) is 3.42. The molecule has 1 aliphatic heterocycles. The summed E-state index contributed by atoms with van der Waals surface area (Å²) in [5, 5.41) is 0. The lowest BCUT2D eigenvalue weighted by Crippen LogP contribution is -2.47. The summed E-state index contributed by atoms with van der Waals surface area (Å²) in [6.45, 7) is 4.88. The van der Waals surface area contributed by atoms with Crippen LogP contribution in [0.1, 0.15) is 0 Å². The molecule has 0 aromatic heterocycles. The van der Waals surface area contributed by atoms with E-state index in [4.69, 9.17) is 11.6 Å². The van der Waals surface area contributed by atoms with Crippen LogP contribution in [0.4, 0.5) is 13.2 Å². The van der Waals surface area contributed by atoms with Gasteiger partial charge in [0, 0.05) is 50.9 Å². The fourth-order valence-corrected chi connectivity index (χ4v) is 2.47. The van der Waals surface area contributed by atoms with Crippen molar-refractivity contribution < 1.29 is 13.2 Å². The van der Waals surface area contributed by atoms with Crippen molar-refractivity contribution in [1.29, 1.82) is 0 Å². The largest absolute Gasteiger partial charge is 0.441 e. The van der Waals surface area contributed by atoms with Gasteiger partial charge in [-0.3, -0.25) is 9.80 Å². The van der Waals surface area contributed by atoms with E-state index in [1.165, 1.54) is 0 Å². The first-order valence-corrected chi connectivity index (χ1v) is 6.74. The van der Waals surface area contributed by atoms with Gasteiger partial charge in [0.15, 0.2) is 0 Å². The molecule has 0 aromatic rings. The van der Waals surface area contributed by atoms with Crippen LogP contribution in [0.3, 0.4) is 0 Å². The van der Waals surface area contributed by atoms with Crippen molar-refractivity contribution in [3.8, 4) is 0 Å². The Labute approximate surface area is 103 Å². The molecule has 0 bridgehead atoms. The monoisotopic (exact) mass is 276 g/mol. The van der Waals surface area contributed by atoms with E-state index in [9.17, 15) is 13.2 Å². The molecule has 7 heteroatoms. The van der Waals surface area contributed by atoms with Crippen LogP contribution in [-0.4, -0.2) is 66.2 Å². The van der Waals surface area contributed by atoms with Crippen molar-refractivity contribution in [3.05, 3.63) is 0 Å². The highest BCUT2D eigenvalue weighted by Crippen LogP contribution is 2.29. The van der Waals surface area contributed by atoms with Crippen molar-refractivity contribution in [3.63, 3.8) is 0 Å². The van der Waals surface area contributed by atoms with Crippen LogP contribution >= 0.6 is 23.4 Å². The van der Waals surface area contributed by atoms with Gasteiger partial charge in [0.1, 0.15) is 0 Å². The van der Waals surface area contributed by atoms with Gasteiger partial charge >= 0.3 is 5.51 Å². The van der Waals surface area contributed by atoms with Crippen molar-refractivity contribution in [2.45, 2.75) is 5.51 Å². The molecule has 0 atom stereocenters. The average molecular weight is 277 g/mol. The first kappa shape index (κ1) is 14.4. The van der Waals surface area contributed by atoms with Gasteiger partial charge in [-0.1, -0.05) is 0 Å². The topological polar surface area (TPSA) is 6.48 Å². The Morgan fingerprint density at radius 2 is 1.50 bits per heavy atom. The molecule has 1 aliphatic rings. The fraction of sp³-hybridized carbons (Fsp3) is 1.00. The molecule has 0 radical (unpaired) electrons. The molecular weight excluding hydrogens is 261 g/mol. The summed E-state index contributed by atoms with van der Waals surface area (Å²) in [6, 6.07) is 0. The van der Waals surface area contributed by atoms with Crippen molar-refractivity contribution in [2.75, 3.05) is 50.9 Å². The third kappa shape index (κ3) is 6.18. The van der Waals surface area contributed by atoms with Gasteiger partial charge in [0.2, 0.25) is 0 Å². The summed E-state index contributed by atoms with van der Waals surface area (Å²) in [6.07, 6.45) is 0. The molecule has 1 fully saturated rings. The van der Waals surface area contributed by atoms with Gasteiger partial charge in [0.05, 0.1) is 0 Å². The van der Waals surface area contributed by atoms with Gasteiger partial charge in [-0.25, -0.2) is 0 Å². The minimum atomic E-state index is -4.10. The first-order valence-electron chi connectivity index (χ1n) is 5.22. The Kier molecular flexibility index (Phi) is 6.25. The number of hydrogen-bond acceptors (Lipinski definition) is 3. The molecule has 1 heterocycles. The van der Waals surface area contributed by atoms with E-state index in [1.807, 2.05) is 0 Å². The SMILES string of the molecule is FC(F)(F)SCCN1CCN(CCCl)CC1. The molecule has 96 valence electrons. The molecule has 0 N–H and O–H groups in total. The van der Waals surface area contributed by atoms with E-state index < -0.39 is 5.51 Å². The fourth-order valence-electron chi connectivity index (χ4n) is 1.65. The standard InChI is InChI=1S/C9H16ClF3N2S/c10-1-2-14-3-5-15(6-4-14)7-8-16-9(11,12)13/h1-8H2. The minimum absolute atomic E-state index is 0.0619. The number of rotatable bonds is 5. The van der Waals surface area contributed by atoms with Gasteiger partial charge in [0.25, 0.3) is 0 Å². The zero-order valence-electron chi connectivity index (χ0n) is 8.97. The zero-order valence-corrected chi connectivity index (χ0v) is 10.5. The molecule has 1 saturated heterocycles. The molecule has 0 spiro atoms. The normalized spacial score (nSPS) is 20.2. The number of nitrogens with zero attached hydrogens (tertiary/aromatic N) is 2. The molecular formula is C9H16ClF3N2S. The highest BCUT2D eigenvalue weighted by Gasteiger charge is 2.28. The minimum Gasteiger partial charge on any atom is -0.300 e. The Hall–Kier alpha value is 0.350. The zero-order chi connectivity index (χ0) is 12.0. The molecule has 16 heavy (non-hydrogen) atoms. The summed E-state index contributed by atoms with van der Waals surface area (Å²) in [5.41, 5.74) is -4.10. The van der Waals surface area contributed by atoms with Crippen LogP contribution in [-0.2, 0) is 0 Å². The molecule has 0 aromatic carbocycles. The lowest BCUT2D eigenvalue weighted by Gasteiger charge is -2.34. The predicted molar refractivity (Wildman–Crippen MR) is 62.1 cm³/mol. The Morgan fingerprint density at radius 1 is 1.00 bits per heavy atom. The third-order valence-electron chi connectivity index (χ3n) is 2.54. The maximum Gasteiger partial charge on any atom is 0.441 e. The van der Waals surface area contributed by atoms with Gasteiger partial charge in [-0.15, -0.1) is 11.6 Å². The Morgan fingerprint density at radius 3 is 1.94 bits per heavy atom. The summed E-state index contributed by atoms with van der Waals surface area (Å²) in [7, 11) is 0. The van der Waals surface area contributed by atoms with Crippen LogP contribution in [0.15, 0.2) is 0 Å². The lowest BCUT2D eigenvalue weighted by molar-refractivity contribution is -0.0329. The predicted octanol–water partition coefficient (Wildman–Crippen LogP) is 2.10. The van der Waals surface area contributed by atoms with Crippen LogP contribution in [0.5, 0.6) is 0 Å². The average Bonchev–Trinajstić information content (AvgIpc) is 2.19.